The molecule has 1 heterocycles. The fourth-order valence-electron chi connectivity index (χ4n) is 4.87. The second kappa shape index (κ2) is 6.87. The van der Waals surface area contributed by atoms with Crippen LogP contribution in [0, 0.1) is 23.7 Å². The molecule has 4 heteroatoms. The van der Waals surface area contributed by atoms with Gasteiger partial charge in [-0.3, -0.25) is 4.79 Å². The number of hydrogen-bond acceptors (Lipinski definition) is 2. The van der Waals surface area contributed by atoms with Gasteiger partial charge in [0.2, 0.25) is 5.91 Å². The van der Waals surface area contributed by atoms with Crippen molar-refractivity contribution in [1.29, 1.82) is 0 Å². The number of piperidine rings is 1. The Kier molecular flexibility index (Phi) is 5.59. The number of nitrogens with zero attached hydrogens (tertiary/aromatic N) is 1. The maximum Gasteiger partial charge on any atom is 0.225 e. The van der Waals surface area contributed by atoms with Crippen molar-refractivity contribution < 1.29 is 4.79 Å². The molecule has 3 aliphatic rings. The maximum atomic E-state index is 12.9. The van der Waals surface area contributed by atoms with Crippen LogP contribution in [0.3, 0.4) is 0 Å². The van der Waals surface area contributed by atoms with E-state index < -0.39 is 0 Å². The molecule has 2 aliphatic carbocycles. The Bertz CT molecular complexity index is 362. The molecule has 0 aromatic carbocycles. The van der Waals surface area contributed by atoms with Crippen molar-refractivity contribution >= 4 is 18.3 Å². The SMILES string of the molecule is CC1CCCN(C(=O)C2CC3CCCC(C2)C3N)C1C.Cl. The second-order valence-electron chi connectivity index (χ2n) is 7.59. The largest absolute Gasteiger partial charge is 0.339 e. The van der Waals surface area contributed by atoms with Gasteiger partial charge in [-0.25, -0.2) is 0 Å². The number of halogens is 1. The number of carbonyl (C=O) groups is 1. The van der Waals surface area contributed by atoms with Gasteiger partial charge in [0, 0.05) is 24.5 Å². The van der Waals surface area contributed by atoms with E-state index in [2.05, 4.69) is 18.7 Å². The maximum absolute atomic E-state index is 12.9. The van der Waals surface area contributed by atoms with E-state index in [0.717, 1.165) is 19.4 Å². The van der Waals surface area contributed by atoms with Crippen molar-refractivity contribution in [3.05, 3.63) is 0 Å². The average Bonchev–Trinajstić information content (AvgIpc) is 2.41. The summed E-state index contributed by atoms with van der Waals surface area (Å²) in [5.41, 5.74) is 6.35. The van der Waals surface area contributed by atoms with Crippen molar-refractivity contribution in [1.82, 2.24) is 4.90 Å². The third kappa shape index (κ3) is 3.24. The number of nitrogens with two attached hydrogens (primary N) is 1. The van der Waals surface area contributed by atoms with E-state index in [0.29, 0.717) is 35.7 Å². The lowest BCUT2D eigenvalue weighted by molar-refractivity contribution is -0.143. The Labute approximate surface area is 135 Å². The molecule has 0 aromatic heterocycles. The van der Waals surface area contributed by atoms with Crippen LogP contribution in [0.15, 0.2) is 0 Å². The molecule has 2 saturated carbocycles. The van der Waals surface area contributed by atoms with Crippen molar-refractivity contribution in [2.24, 2.45) is 29.4 Å². The van der Waals surface area contributed by atoms with E-state index >= 15 is 0 Å². The number of rotatable bonds is 1. The fraction of sp³-hybridized carbons (Fsp3) is 0.941. The molecule has 1 aliphatic heterocycles. The lowest BCUT2D eigenvalue weighted by Gasteiger charge is -2.46. The van der Waals surface area contributed by atoms with Gasteiger partial charge in [-0.05, 0) is 63.2 Å². The predicted octanol–water partition coefficient (Wildman–Crippen LogP) is 3.21. The molecule has 0 aromatic rings. The molecule has 3 rings (SSSR count). The van der Waals surface area contributed by atoms with Crippen LogP contribution in [0.2, 0.25) is 0 Å². The first-order valence-electron chi connectivity index (χ1n) is 8.64. The molecule has 3 fully saturated rings. The van der Waals surface area contributed by atoms with Crippen LogP contribution < -0.4 is 5.73 Å². The molecule has 21 heavy (non-hydrogen) atoms. The van der Waals surface area contributed by atoms with Crippen molar-refractivity contribution in [3.8, 4) is 0 Å². The molecule has 4 unspecified atom stereocenters. The minimum atomic E-state index is 0. The number of amides is 1. The predicted molar refractivity (Wildman–Crippen MR) is 88.4 cm³/mol. The normalized spacial score (nSPS) is 43.1. The summed E-state index contributed by atoms with van der Waals surface area (Å²) in [5, 5.41) is 0. The third-order valence-corrected chi connectivity index (χ3v) is 6.42. The smallest absolute Gasteiger partial charge is 0.225 e. The third-order valence-electron chi connectivity index (χ3n) is 6.42. The molecule has 1 saturated heterocycles. The lowest BCUT2D eigenvalue weighted by atomic mass is 9.64. The molecule has 1 amide bonds. The van der Waals surface area contributed by atoms with Gasteiger partial charge in [-0.2, -0.15) is 0 Å². The molecule has 2 bridgehead atoms. The Balaban J connectivity index is 0.00000161. The van der Waals surface area contributed by atoms with E-state index in [-0.39, 0.29) is 18.3 Å². The minimum absolute atomic E-state index is 0. The van der Waals surface area contributed by atoms with E-state index in [4.69, 9.17) is 5.73 Å². The molecule has 4 atom stereocenters. The van der Waals surface area contributed by atoms with Crippen LogP contribution in [0.1, 0.15) is 58.8 Å². The highest BCUT2D eigenvalue weighted by molar-refractivity contribution is 5.85. The van der Waals surface area contributed by atoms with Gasteiger partial charge in [-0.15, -0.1) is 12.4 Å². The fourth-order valence-corrected chi connectivity index (χ4v) is 4.87. The monoisotopic (exact) mass is 314 g/mol. The summed E-state index contributed by atoms with van der Waals surface area (Å²) in [6.07, 6.45) is 8.35. The van der Waals surface area contributed by atoms with Crippen LogP contribution in [-0.4, -0.2) is 29.4 Å². The summed E-state index contributed by atoms with van der Waals surface area (Å²) in [6, 6.07) is 0.789. The summed E-state index contributed by atoms with van der Waals surface area (Å²) in [7, 11) is 0. The quantitative estimate of drug-likeness (QED) is 0.808. The Hall–Kier alpha value is -0.280. The zero-order valence-corrected chi connectivity index (χ0v) is 14.3. The van der Waals surface area contributed by atoms with Gasteiger partial charge in [0.15, 0.2) is 0 Å². The minimum Gasteiger partial charge on any atom is -0.339 e. The summed E-state index contributed by atoms with van der Waals surface area (Å²) in [4.78, 5) is 15.1. The Morgan fingerprint density at radius 1 is 1.05 bits per heavy atom. The number of hydrogen-bond donors (Lipinski definition) is 1. The molecule has 2 N–H and O–H groups in total. The summed E-state index contributed by atoms with van der Waals surface area (Å²) in [6.45, 7) is 5.50. The van der Waals surface area contributed by atoms with Crippen LogP contribution in [-0.2, 0) is 4.79 Å². The van der Waals surface area contributed by atoms with Crippen LogP contribution in [0.25, 0.3) is 0 Å². The Morgan fingerprint density at radius 3 is 2.29 bits per heavy atom. The highest BCUT2D eigenvalue weighted by Gasteiger charge is 2.42. The zero-order valence-electron chi connectivity index (χ0n) is 13.5. The van der Waals surface area contributed by atoms with E-state index in [9.17, 15) is 4.79 Å². The van der Waals surface area contributed by atoms with E-state index in [1.807, 2.05) is 0 Å². The van der Waals surface area contributed by atoms with Gasteiger partial charge in [0.25, 0.3) is 0 Å². The molecular weight excluding hydrogens is 284 g/mol. The van der Waals surface area contributed by atoms with Crippen LogP contribution >= 0.6 is 12.4 Å². The van der Waals surface area contributed by atoms with Gasteiger partial charge >= 0.3 is 0 Å². The number of carbonyl (C=O) groups excluding carboxylic acids is 1. The van der Waals surface area contributed by atoms with Gasteiger partial charge in [0.1, 0.15) is 0 Å². The summed E-state index contributed by atoms with van der Waals surface area (Å²) < 4.78 is 0. The molecule has 122 valence electrons. The van der Waals surface area contributed by atoms with Crippen molar-refractivity contribution in [3.63, 3.8) is 0 Å². The molecule has 0 radical (unpaired) electrons. The van der Waals surface area contributed by atoms with Crippen molar-refractivity contribution in [2.75, 3.05) is 6.54 Å². The molecule has 0 spiro atoms. The van der Waals surface area contributed by atoms with Gasteiger partial charge in [-0.1, -0.05) is 13.3 Å². The van der Waals surface area contributed by atoms with Crippen LogP contribution in [0.4, 0.5) is 0 Å². The standard InChI is InChI=1S/C17H30N2O.ClH/c1-11-5-4-8-19(12(11)2)17(20)15-9-13-6-3-7-14(10-15)16(13)18;/h11-16H,3-10,18H2,1-2H3;1H. The van der Waals surface area contributed by atoms with E-state index in [1.54, 1.807) is 0 Å². The zero-order chi connectivity index (χ0) is 14.3. The van der Waals surface area contributed by atoms with Gasteiger partial charge in [0.05, 0.1) is 0 Å². The highest BCUT2D eigenvalue weighted by atomic mass is 35.5. The Morgan fingerprint density at radius 2 is 1.67 bits per heavy atom. The number of likely N-dealkylation sites (tertiary alicyclic amines) is 1. The van der Waals surface area contributed by atoms with E-state index in [1.165, 1.54) is 32.1 Å². The first-order valence-corrected chi connectivity index (χ1v) is 8.64. The highest BCUT2D eigenvalue weighted by Crippen LogP contribution is 2.43. The topological polar surface area (TPSA) is 46.3 Å². The first-order chi connectivity index (χ1) is 9.58. The average molecular weight is 315 g/mol. The summed E-state index contributed by atoms with van der Waals surface area (Å²) >= 11 is 0. The lowest BCUT2D eigenvalue weighted by Crippen LogP contribution is -2.53. The summed E-state index contributed by atoms with van der Waals surface area (Å²) in [5.74, 6) is 2.56. The number of fused-ring (bicyclic) bond motifs is 2. The van der Waals surface area contributed by atoms with Gasteiger partial charge < -0.3 is 10.6 Å². The second-order valence-corrected chi connectivity index (χ2v) is 7.59. The van der Waals surface area contributed by atoms with Crippen molar-refractivity contribution in [2.45, 2.75) is 70.9 Å². The van der Waals surface area contributed by atoms with Crippen LogP contribution in [0.5, 0.6) is 0 Å². The molecular formula is C17H31ClN2O. The molecule has 3 nitrogen and oxygen atoms in total. The first kappa shape index (κ1) is 17.1.